The number of nitrogens with one attached hydrogen (secondary N) is 1. The predicted octanol–water partition coefficient (Wildman–Crippen LogP) is 8.31. The van der Waals surface area contributed by atoms with E-state index in [-0.39, 0.29) is 12.1 Å². The molecule has 2 saturated heterocycles. The van der Waals surface area contributed by atoms with E-state index in [2.05, 4.69) is 46.1 Å². The monoisotopic (exact) mass is 576 g/mol. The average Bonchev–Trinajstić information content (AvgIpc) is 3.53. The number of anilines is 2. The molecular weight excluding hydrogens is 547 g/mol. The number of furan rings is 1. The molecule has 0 saturated carbocycles. The lowest BCUT2D eigenvalue weighted by molar-refractivity contribution is 0.357. The molecule has 6 rings (SSSR count). The summed E-state index contributed by atoms with van der Waals surface area (Å²) in [7, 11) is 0. The summed E-state index contributed by atoms with van der Waals surface area (Å²) in [5.41, 5.74) is 3.82. The minimum atomic E-state index is -0.259. The second-order valence-corrected chi connectivity index (χ2v) is 11.9. The van der Waals surface area contributed by atoms with Crippen LogP contribution in [0.2, 0.25) is 10.0 Å². The number of aromatic nitrogens is 1. The fourth-order valence-corrected chi connectivity index (χ4v) is 6.73. The van der Waals surface area contributed by atoms with Gasteiger partial charge in [-0.3, -0.25) is 4.98 Å². The van der Waals surface area contributed by atoms with Gasteiger partial charge in [0, 0.05) is 35.6 Å². The largest absolute Gasteiger partial charge is 0.459 e. The fourth-order valence-electron chi connectivity index (χ4n) is 5.96. The van der Waals surface area contributed by atoms with Gasteiger partial charge in [-0.25, -0.2) is 0 Å². The van der Waals surface area contributed by atoms with Gasteiger partial charge in [0.15, 0.2) is 5.11 Å². The standard InChI is InChI=1S/C31H30Cl2N4OS/c1-19-15-20(2)18-36(17-19)26-11-10-23(16-24(26)33)37-30(29(35-31(37)39)25-5-3-4-14-34-25)28-13-12-27(38-28)21-6-8-22(32)9-7-21/h3-14,16,19-20,29-30H,15,17-18H2,1-2H3,(H,35,39)/t19-,20-,29-,30-/m0/s1. The summed E-state index contributed by atoms with van der Waals surface area (Å²) in [5.74, 6) is 2.82. The van der Waals surface area contributed by atoms with Gasteiger partial charge in [0.05, 0.1) is 22.4 Å². The lowest BCUT2D eigenvalue weighted by Crippen LogP contribution is -2.38. The van der Waals surface area contributed by atoms with E-state index in [9.17, 15) is 0 Å². The van der Waals surface area contributed by atoms with Gasteiger partial charge in [-0.15, -0.1) is 0 Å². The summed E-state index contributed by atoms with van der Waals surface area (Å²) in [6.07, 6.45) is 3.05. The molecule has 0 spiro atoms. The van der Waals surface area contributed by atoms with E-state index in [1.807, 2.05) is 60.7 Å². The van der Waals surface area contributed by atoms with Gasteiger partial charge in [0.25, 0.3) is 0 Å². The minimum absolute atomic E-state index is 0.204. The van der Waals surface area contributed by atoms with Gasteiger partial charge in [-0.05, 0) is 97.2 Å². The molecule has 0 aliphatic carbocycles. The Hall–Kier alpha value is -3.06. The molecule has 2 aromatic carbocycles. The molecule has 2 aliphatic heterocycles. The van der Waals surface area contributed by atoms with E-state index >= 15 is 0 Å². The van der Waals surface area contributed by atoms with Crippen LogP contribution in [0.5, 0.6) is 0 Å². The van der Waals surface area contributed by atoms with Crippen molar-refractivity contribution in [1.82, 2.24) is 10.3 Å². The molecule has 5 nitrogen and oxygen atoms in total. The highest BCUT2D eigenvalue weighted by molar-refractivity contribution is 7.80. The summed E-state index contributed by atoms with van der Waals surface area (Å²) in [6, 6.07) is 23.3. The third-order valence-corrected chi connectivity index (χ3v) is 8.43. The van der Waals surface area contributed by atoms with Crippen molar-refractivity contribution in [3.63, 3.8) is 0 Å². The maximum atomic E-state index is 6.95. The molecule has 2 aliphatic rings. The third-order valence-electron chi connectivity index (χ3n) is 7.56. The van der Waals surface area contributed by atoms with Crippen LogP contribution in [-0.2, 0) is 0 Å². The van der Waals surface area contributed by atoms with Crippen LogP contribution >= 0.6 is 35.4 Å². The Morgan fingerprint density at radius 3 is 2.41 bits per heavy atom. The number of piperidine rings is 1. The van der Waals surface area contributed by atoms with Crippen LogP contribution < -0.4 is 15.1 Å². The summed E-state index contributed by atoms with van der Waals surface area (Å²) in [6.45, 7) is 6.64. The van der Waals surface area contributed by atoms with Crippen molar-refractivity contribution in [3.8, 4) is 11.3 Å². The predicted molar refractivity (Wildman–Crippen MR) is 164 cm³/mol. The number of hydrogen-bond donors (Lipinski definition) is 1. The fraction of sp³-hybridized carbons (Fsp3) is 0.290. The average molecular weight is 578 g/mol. The SMILES string of the molecule is C[C@H]1C[C@H](C)CN(c2ccc(N3C(=S)N[C@@H](c4ccccn4)[C@@H]3c3ccc(-c4ccc(Cl)cc4)o3)cc2Cl)C1. The van der Waals surface area contributed by atoms with E-state index in [0.29, 0.717) is 22.0 Å². The molecule has 4 atom stereocenters. The van der Waals surface area contributed by atoms with Crippen LogP contribution in [0.4, 0.5) is 11.4 Å². The van der Waals surface area contributed by atoms with E-state index in [0.717, 1.165) is 52.3 Å². The Kier molecular flexibility index (Phi) is 7.27. The number of nitrogens with zero attached hydrogens (tertiary/aromatic N) is 3. The third kappa shape index (κ3) is 5.25. The quantitative estimate of drug-likeness (QED) is 0.241. The van der Waals surface area contributed by atoms with E-state index in [1.54, 1.807) is 6.20 Å². The number of rotatable bonds is 5. The first-order valence-electron chi connectivity index (χ1n) is 13.3. The lowest BCUT2D eigenvalue weighted by atomic mass is 9.91. The first kappa shape index (κ1) is 26.2. The molecule has 2 aromatic heterocycles. The molecule has 4 aromatic rings. The Labute approximate surface area is 244 Å². The maximum absolute atomic E-state index is 6.95. The number of pyridine rings is 1. The maximum Gasteiger partial charge on any atom is 0.174 e. The number of hydrogen-bond acceptors (Lipinski definition) is 4. The highest BCUT2D eigenvalue weighted by Crippen LogP contribution is 2.44. The summed E-state index contributed by atoms with van der Waals surface area (Å²) in [4.78, 5) is 9.14. The van der Waals surface area contributed by atoms with Crippen LogP contribution in [0.3, 0.4) is 0 Å². The first-order chi connectivity index (χ1) is 18.9. The topological polar surface area (TPSA) is 44.5 Å². The molecule has 4 heterocycles. The molecule has 39 heavy (non-hydrogen) atoms. The Morgan fingerprint density at radius 2 is 1.72 bits per heavy atom. The zero-order valence-corrected chi connectivity index (χ0v) is 24.2. The normalized spacial score (nSPS) is 23.2. The van der Waals surface area contributed by atoms with E-state index in [1.165, 1.54) is 6.42 Å². The molecule has 0 unspecified atom stereocenters. The molecule has 0 radical (unpaired) electrons. The van der Waals surface area contributed by atoms with Gasteiger partial charge >= 0.3 is 0 Å². The number of benzene rings is 2. The highest BCUT2D eigenvalue weighted by Gasteiger charge is 2.43. The zero-order chi connectivity index (χ0) is 27.1. The molecule has 2 fully saturated rings. The van der Waals surface area contributed by atoms with Crippen molar-refractivity contribution >= 4 is 51.9 Å². The molecule has 200 valence electrons. The van der Waals surface area contributed by atoms with Crippen LogP contribution in [0.15, 0.2) is 83.4 Å². The second-order valence-electron chi connectivity index (χ2n) is 10.7. The molecule has 0 bridgehead atoms. The minimum Gasteiger partial charge on any atom is -0.459 e. The van der Waals surface area contributed by atoms with Gasteiger partial charge in [0.2, 0.25) is 0 Å². The van der Waals surface area contributed by atoms with Crippen molar-refractivity contribution in [1.29, 1.82) is 0 Å². The highest BCUT2D eigenvalue weighted by atomic mass is 35.5. The summed E-state index contributed by atoms with van der Waals surface area (Å²) < 4.78 is 6.46. The van der Waals surface area contributed by atoms with Crippen LogP contribution in [-0.4, -0.2) is 23.2 Å². The molecule has 1 N–H and O–H groups in total. The lowest BCUT2D eigenvalue weighted by Gasteiger charge is -2.37. The van der Waals surface area contributed by atoms with Crippen molar-refractivity contribution in [2.45, 2.75) is 32.4 Å². The van der Waals surface area contributed by atoms with Crippen molar-refractivity contribution < 1.29 is 4.42 Å². The first-order valence-corrected chi connectivity index (χ1v) is 14.4. The number of thiocarbonyl (C=S) groups is 1. The summed E-state index contributed by atoms with van der Waals surface area (Å²) >= 11 is 19.0. The Bertz CT molecular complexity index is 1470. The van der Waals surface area contributed by atoms with Gasteiger partial charge in [-0.2, -0.15) is 0 Å². The Morgan fingerprint density at radius 1 is 0.949 bits per heavy atom. The zero-order valence-electron chi connectivity index (χ0n) is 21.9. The van der Waals surface area contributed by atoms with Crippen LogP contribution in [0.1, 0.15) is 43.8 Å². The second kappa shape index (κ2) is 10.8. The van der Waals surface area contributed by atoms with Gasteiger partial charge in [0.1, 0.15) is 17.6 Å². The molecular formula is C31H30Cl2N4OS. The van der Waals surface area contributed by atoms with Crippen molar-refractivity contribution in [2.75, 3.05) is 22.9 Å². The molecule has 0 amide bonds. The van der Waals surface area contributed by atoms with Crippen LogP contribution in [0.25, 0.3) is 11.3 Å². The van der Waals surface area contributed by atoms with Crippen LogP contribution in [0, 0.1) is 11.8 Å². The van der Waals surface area contributed by atoms with E-state index in [4.69, 9.17) is 39.8 Å². The van der Waals surface area contributed by atoms with Crippen molar-refractivity contribution in [2.24, 2.45) is 11.8 Å². The number of halogens is 2. The summed E-state index contributed by atoms with van der Waals surface area (Å²) in [5, 5.41) is 5.50. The van der Waals surface area contributed by atoms with Gasteiger partial charge in [-0.1, -0.05) is 43.1 Å². The van der Waals surface area contributed by atoms with E-state index < -0.39 is 0 Å². The van der Waals surface area contributed by atoms with Gasteiger partial charge < -0.3 is 19.5 Å². The Balaban J connectivity index is 1.38. The van der Waals surface area contributed by atoms with Crippen molar-refractivity contribution in [3.05, 3.63) is 100 Å². The smallest absolute Gasteiger partial charge is 0.174 e. The molecule has 8 heteroatoms.